The molecule has 3 N–H and O–H groups in total. The summed E-state index contributed by atoms with van der Waals surface area (Å²) < 4.78 is 0.888. The summed E-state index contributed by atoms with van der Waals surface area (Å²) in [5.74, 6) is -0.0739. The van der Waals surface area contributed by atoms with E-state index in [4.69, 9.17) is 5.73 Å². The predicted octanol–water partition coefficient (Wildman–Crippen LogP) is 1.91. The fourth-order valence-electron chi connectivity index (χ4n) is 1.25. The molecule has 14 heavy (non-hydrogen) atoms. The zero-order valence-electron chi connectivity index (χ0n) is 8.01. The molecule has 1 aromatic rings. The number of hydrogen-bond acceptors (Lipinski definition) is 2. The highest BCUT2D eigenvalue weighted by atomic mass is 79.9. The Morgan fingerprint density at radius 1 is 1.57 bits per heavy atom. The first kappa shape index (κ1) is 11.2. The van der Waals surface area contributed by atoms with Crippen molar-refractivity contribution in [3.8, 4) is 0 Å². The van der Waals surface area contributed by atoms with Gasteiger partial charge in [0, 0.05) is 11.4 Å². The van der Waals surface area contributed by atoms with Crippen LogP contribution in [0.1, 0.15) is 12.5 Å². The van der Waals surface area contributed by atoms with Crippen LogP contribution in [0.4, 0.5) is 5.69 Å². The summed E-state index contributed by atoms with van der Waals surface area (Å²) in [4.78, 5) is 11.0. The Balaban J connectivity index is 3.02. The van der Waals surface area contributed by atoms with Crippen molar-refractivity contribution in [1.29, 1.82) is 0 Å². The van der Waals surface area contributed by atoms with Gasteiger partial charge in [0.2, 0.25) is 5.91 Å². The number of nitrogens with two attached hydrogens (primary N) is 1. The van der Waals surface area contributed by atoms with Crippen LogP contribution in [0.15, 0.2) is 22.7 Å². The van der Waals surface area contributed by atoms with Crippen LogP contribution in [0.25, 0.3) is 0 Å². The lowest BCUT2D eigenvalue weighted by Crippen LogP contribution is -2.11. The number of amides is 1. The van der Waals surface area contributed by atoms with Crippen LogP contribution >= 0.6 is 15.9 Å². The molecule has 0 unspecified atom stereocenters. The molecular weight excluding hydrogens is 244 g/mol. The van der Waals surface area contributed by atoms with E-state index in [1.807, 2.05) is 18.2 Å². The van der Waals surface area contributed by atoms with E-state index in [2.05, 4.69) is 21.2 Å². The molecule has 0 atom stereocenters. The average molecular weight is 257 g/mol. The van der Waals surface area contributed by atoms with Crippen LogP contribution in [0, 0.1) is 0 Å². The third kappa shape index (κ3) is 2.82. The van der Waals surface area contributed by atoms with E-state index < -0.39 is 0 Å². The van der Waals surface area contributed by atoms with Gasteiger partial charge in [-0.2, -0.15) is 0 Å². The SMILES string of the molecule is CC(=O)Nc1c(Br)cccc1CCN. The monoisotopic (exact) mass is 256 g/mol. The summed E-state index contributed by atoms with van der Waals surface area (Å²) >= 11 is 3.39. The van der Waals surface area contributed by atoms with Gasteiger partial charge in [-0.3, -0.25) is 4.79 Å². The van der Waals surface area contributed by atoms with Gasteiger partial charge in [-0.15, -0.1) is 0 Å². The van der Waals surface area contributed by atoms with E-state index >= 15 is 0 Å². The largest absolute Gasteiger partial charge is 0.330 e. The van der Waals surface area contributed by atoms with Crippen molar-refractivity contribution in [1.82, 2.24) is 0 Å². The standard InChI is InChI=1S/C10H13BrN2O/c1-7(14)13-10-8(5-6-12)3-2-4-9(10)11/h2-4H,5-6,12H2,1H3,(H,13,14). The van der Waals surface area contributed by atoms with Crippen LogP contribution in [0.2, 0.25) is 0 Å². The number of benzene rings is 1. The second-order valence-electron chi connectivity index (χ2n) is 2.99. The molecule has 0 radical (unpaired) electrons. The van der Waals surface area contributed by atoms with Crippen molar-refractivity contribution < 1.29 is 4.79 Å². The molecule has 0 aliphatic carbocycles. The number of nitrogens with one attached hydrogen (secondary N) is 1. The fourth-order valence-corrected chi connectivity index (χ4v) is 1.76. The molecule has 3 nitrogen and oxygen atoms in total. The normalized spacial score (nSPS) is 9.93. The highest BCUT2D eigenvalue weighted by Gasteiger charge is 2.06. The molecule has 0 heterocycles. The van der Waals surface area contributed by atoms with Crippen molar-refractivity contribution in [2.75, 3.05) is 11.9 Å². The lowest BCUT2D eigenvalue weighted by molar-refractivity contribution is -0.114. The molecule has 4 heteroatoms. The van der Waals surface area contributed by atoms with Crippen molar-refractivity contribution in [3.05, 3.63) is 28.2 Å². The average Bonchev–Trinajstić information content (AvgIpc) is 2.11. The van der Waals surface area contributed by atoms with Gasteiger partial charge in [0.15, 0.2) is 0 Å². The third-order valence-electron chi connectivity index (χ3n) is 1.81. The maximum absolute atomic E-state index is 11.0. The minimum atomic E-state index is -0.0739. The minimum absolute atomic E-state index is 0.0739. The molecule has 0 aliphatic rings. The van der Waals surface area contributed by atoms with Gasteiger partial charge in [0.25, 0.3) is 0 Å². The molecule has 1 rings (SSSR count). The lowest BCUT2D eigenvalue weighted by Gasteiger charge is -2.10. The van der Waals surface area contributed by atoms with Gasteiger partial charge in [-0.05, 0) is 40.5 Å². The molecule has 0 spiro atoms. The van der Waals surface area contributed by atoms with Crippen molar-refractivity contribution >= 4 is 27.5 Å². The van der Waals surface area contributed by atoms with Gasteiger partial charge in [-0.25, -0.2) is 0 Å². The second-order valence-corrected chi connectivity index (χ2v) is 3.85. The molecule has 1 amide bonds. The molecule has 0 bridgehead atoms. The quantitative estimate of drug-likeness (QED) is 0.869. The maximum atomic E-state index is 11.0. The maximum Gasteiger partial charge on any atom is 0.221 e. The van der Waals surface area contributed by atoms with E-state index in [0.29, 0.717) is 6.54 Å². The molecular formula is C10H13BrN2O. The summed E-state index contributed by atoms with van der Waals surface area (Å²) in [5.41, 5.74) is 7.36. The van der Waals surface area contributed by atoms with Gasteiger partial charge in [0.1, 0.15) is 0 Å². The first-order valence-corrected chi connectivity index (χ1v) is 5.19. The Morgan fingerprint density at radius 2 is 2.29 bits per heavy atom. The zero-order valence-corrected chi connectivity index (χ0v) is 9.60. The molecule has 0 fully saturated rings. The van der Waals surface area contributed by atoms with Crippen molar-refractivity contribution in [2.45, 2.75) is 13.3 Å². The topological polar surface area (TPSA) is 55.1 Å². The van der Waals surface area contributed by atoms with E-state index in [1.165, 1.54) is 6.92 Å². The van der Waals surface area contributed by atoms with Gasteiger partial charge in [0.05, 0.1) is 5.69 Å². The van der Waals surface area contributed by atoms with E-state index in [1.54, 1.807) is 0 Å². The smallest absolute Gasteiger partial charge is 0.221 e. The summed E-state index contributed by atoms with van der Waals surface area (Å²) in [7, 11) is 0. The Kier molecular flexibility index (Phi) is 4.10. The minimum Gasteiger partial charge on any atom is -0.330 e. The summed E-state index contributed by atoms with van der Waals surface area (Å²) in [5, 5.41) is 2.79. The first-order valence-electron chi connectivity index (χ1n) is 4.40. The van der Waals surface area contributed by atoms with Gasteiger partial charge in [-0.1, -0.05) is 12.1 Å². The van der Waals surface area contributed by atoms with Crippen LogP contribution < -0.4 is 11.1 Å². The van der Waals surface area contributed by atoms with E-state index in [-0.39, 0.29) is 5.91 Å². The number of halogens is 1. The van der Waals surface area contributed by atoms with Gasteiger partial charge >= 0.3 is 0 Å². The molecule has 0 saturated carbocycles. The number of carbonyl (C=O) groups excluding carboxylic acids is 1. The van der Waals surface area contributed by atoms with Crippen LogP contribution in [-0.2, 0) is 11.2 Å². The number of hydrogen-bond donors (Lipinski definition) is 2. The Labute approximate surface area is 91.8 Å². The Bertz CT molecular complexity index is 339. The highest BCUT2D eigenvalue weighted by molar-refractivity contribution is 9.10. The highest BCUT2D eigenvalue weighted by Crippen LogP contribution is 2.26. The van der Waals surface area contributed by atoms with Crippen molar-refractivity contribution in [2.24, 2.45) is 5.73 Å². The van der Waals surface area contributed by atoms with Crippen LogP contribution in [0.3, 0.4) is 0 Å². The molecule has 0 aliphatic heterocycles. The van der Waals surface area contributed by atoms with E-state index in [9.17, 15) is 4.79 Å². The lowest BCUT2D eigenvalue weighted by atomic mass is 10.1. The first-order chi connectivity index (χ1) is 6.65. The summed E-state index contributed by atoms with van der Waals surface area (Å²) in [6.07, 6.45) is 0.759. The molecule has 1 aromatic carbocycles. The predicted molar refractivity (Wildman–Crippen MR) is 61.2 cm³/mol. The number of anilines is 1. The van der Waals surface area contributed by atoms with Crippen LogP contribution in [0.5, 0.6) is 0 Å². The summed E-state index contributed by atoms with van der Waals surface area (Å²) in [6.45, 7) is 2.06. The fraction of sp³-hybridized carbons (Fsp3) is 0.300. The summed E-state index contributed by atoms with van der Waals surface area (Å²) in [6, 6.07) is 5.79. The molecule has 0 saturated heterocycles. The molecule has 76 valence electrons. The number of carbonyl (C=O) groups is 1. The zero-order chi connectivity index (χ0) is 10.6. The number of rotatable bonds is 3. The molecule has 0 aromatic heterocycles. The van der Waals surface area contributed by atoms with Crippen molar-refractivity contribution in [3.63, 3.8) is 0 Å². The second kappa shape index (κ2) is 5.12. The van der Waals surface area contributed by atoms with Crippen LogP contribution in [-0.4, -0.2) is 12.5 Å². The third-order valence-corrected chi connectivity index (χ3v) is 2.48. The Hall–Kier alpha value is -0.870. The van der Waals surface area contributed by atoms with Gasteiger partial charge < -0.3 is 11.1 Å². The van der Waals surface area contributed by atoms with E-state index in [0.717, 1.165) is 22.1 Å². The number of para-hydroxylation sites is 1. The Morgan fingerprint density at radius 3 is 2.86 bits per heavy atom.